The van der Waals surface area contributed by atoms with Crippen molar-refractivity contribution in [2.24, 2.45) is 11.7 Å². The standard InChI is InChI=1S/C8H18N2/c1-6(2)7(3)10-5-4-8(10)9/h6-8H,4-5,9H2,1-3H3. The van der Waals surface area contributed by atoms with Gasteiger partial charge in [0.1, 0.15) is 0 Å². The molecule has 0 amide bonds. The van der Waals surface area contributed by atoms with Gasteiger partial charge >= 0.3 is 0 Å². The Hall–Kier alpha value is -0.0800. The highest BCUT2D eigenvalue weighted by Gasteiger charge is 2.29. The van der Waals surface area contributed by atoms with Crippen LogP contribution in [0.1, 0.15) is 27.2 Å². The number of hydrogen-bond donors (Lipinski definition) is 1. The van der Waals surface area contributed by atoms with Gasteiger partial charge in [-0.25, -0.2) is 0 Å². The Morgan fingerprint density at radius 1 is 1.40 bits per heavy atom. The molecule has 0 saturated carbocycles. The topological polar surface area (TPSA) is 29.3 Å². The van der Waals surface area contributed by atoms with Gasteiger partial charge in [0.25, 0.3) is 0 Å². The van der Waals surface area contributed by atoms with E-state index < -0.39 is 0 Å². The van der Waals surface area contributed by atoms with Gasteiger partial charge in [-0.05, 0) is 19.3 Å². The number of likely N-dealkylation sites (tertiary alicyclic amines) is 1. The van der Waals surface area contributed by atoms with Crippen LogP contribution in [0.3, 0.4) is 0 Å². The lowest BCUT2D eigenvalue weighted by molar-refractivity contribution is 0.0325. The lowest BCUT2D eigenvalue weighted by atomic mass is 9.99. The van der Waals surface area contributed by atoms with Crippen LogP contribution < -0.4 is 5.73 Å². The van der Waals surface area contributed by atoms with Crippen LogP contribution in [0.15, 0.2) is 0 Å². The lowest BCUT2D eigenvalue weighted by Gasteiger charge is -2.44. The largest absolute Gasteiger partial charge is 0.316 e. The number of rotatable bonds is 2. The second kappa shape index (κ2) is 2.89. The Balaban J connectivity index is 2.34. The first-order valence-corrected chi connectivity index (χ1v) is 4.14. The maximum atomic E-state index is 5.79. The van der Waals surface area contributed by atoms with Gasteiger partial charge in [0.2, 0.25) is 0 Å². The van der Waals surface area contributed by atoms with Crippen LogP contribution in [-0.2, 0) is 0 Å². The fourth-order valence-corrected chi connectivity index (χ4v) is 1.32. The minimum absolute atomic E-state index is 0.345. The summed E-state index contributed by atoms with van der Waals surface area (Å²) in [4.78, 5) is 2.37. The van der Waals surface area contributed by atoms with E-state index in [1.54, 1.807) is 0 Å². The molecular formula is C8H18N2. The van der Waals surface area contributed by atoms with Crippen molar-refractivity contribution in [2.75, 3.05) is 6.54 Å². The van der Waals surface area contributed by atoms with Crippen LogP contribution in [0.4, 0.5) is 0 Å². The second-order valence-electron chi connectivity index (χ2n) is 3.58. The van der Waals surface area contributed by atoms with Crippen LogP contribution in [0, 0.1) is 5.92 Å². The Morgan fingerprint density at radius 2 is 2.00 bits per heavy atom. The third-order valence-corrected chi connectivity index (χ3v) is 2.60. The molecule has 2 unspecified atom stereocenters. The zero-order valence-electron chi connectivity index (χ0n) is 7.17. The summed E-state index contributed by atoms with van der Waals surface area (Å²) in [5.41, 5.74) is 5.79. The first kappa shape index (κ1) is 8.02. The molecule has 0 aliphatic carbocycles. The first-order valence-electron chi connectivity index (χ1n) is 4.14. The van der Waals surface area contributed by atoms with Gasteiger partial charge in [-0.3, -0.25) is 4.90 Å². The SMILES string of the molecule is CC(C)C(C)N1CCC1N. The Kier molecular flexibility index (Phi) is 2.32. The third-order valence-electron chi connectivity index (χ3n) is 2.60. The van der Waals surface area contributed by atoms with Crippen LogP contribution in [0.25, 0.3) is 0 Å². The van der Waals surface area contributed by atoms with Crippen molar-refractivity contribution >= 4 is 0 Å². The van der Waals surface area contributed by atoms with E-state index in [0.717, 1.165) is 5.92 Å². The van der Waals surface area contributed by atoms with E-state index >= 15 is 0 Å². The van der Waals surface area contributed by atoms with Gasteiger partial charge in [0.05, 0.1) is 6.17 Å². The molecule has 2 atom stereocenters. The zero-order valence-corrected chi connectivity index (χ0v) is 7.17. The smallest absolute Gasteiger partial charge is 0.0586 e. The summed E-state index contributed by atoms with van der Waals surface area (Å²) in [5, 5.41) is 0. The predicted molar refractivity (Wildman–Crippen MR) is 43.6 cm³/mol. The molecule has 0 aromatic rings. The van der Waals surface area contributed by atoms with E-state index in [4.69, 9.17) is 5.73 Å². The minimum Gasteiger partial charge on any atom is -0.316 e. The molecule has 0 aromatic heterocycles. The Labute approximate surface area is 63.4 Å². The molecule has 1 fully saturated rings. The average Bonchev–Trinajstić information content (AvgIpc) is 1.84. The van der Waals surface area contributed by atoms with E-state index in [-0.39, 0.29) is 0 Å². The summed E-state index contributed by atoms with van der Waals surface area (Å²) in [5.74, 6) is 0.728. The summed E-state index contributed by atoms with van der Waals surface area (Å²) < 4.78 is 0. The molecule has 2 N–H and O–H groups in total. The van der Waals surface area contributed by atoms with Gasteiger partial charge in [-0.2, -0.15) is 0 Å². The molecule has 2 nitrogen and oxygen atoms in total. The Morgan fingerprint density at radius 3 is 2.10 bits per heavy atom. The fourth-order valence-electron chi connectivity index (χ4n) is 1.32. The maximum Gasteiger partial charge on any atom is 0.0586 e. The lowest BCUT2D eigenvalue weighted by Crippen LogP contribution is -2.58. The van der Waals surface area contributed by atoms with E-state index in [2.05, 4.69) is 25.7 Å². The van der Waals surface area contributed by atoms with Crippen molar-refractivity contribution in [3.05, 3.63) is 0 Å². The van der Waals surface area contributed by atoms with Gasteiger partial charge in [0, 0.05) is 12.6 Å². The van der Waals surface area contributed by atoms with Gasteiger partial charge < -0.3 is 5.73 Å². The summed E-state index contributed by atoms with van der Waals surface area (Å²) in [6, 6.07) is 0.656. The number of nitrogens with two attached hydrogens (primary N) is 1. The van der Waals surface area contributed by atoms with Crippen molar-refractivity contribution in [2.45, 2.75) is 39.4 Å². The molecule has 0 aromatic carbocycles. The van der Waals surface area contributed by atoms with E-state index in [0.29, 0.717) is 12.2 Å². The highest BCUT2D eigenvalue weighted by molar-refractivity contribution is 4.83. The monoisotopic (exact) mass is 142 g/mol. The predicted octanol–water partition coefficient (Wildman–Crippen LogP) is 1.02. The molecule has 1 heterocycles. The fraction of sp³-hybridized carbons (Fsp3) is 1.00. The molecular weight excluding hydrogens is 124 g/mol. The first-order chi connectivity index (χ1) is 4.63. The van der Waals surface area contributed by atoms with E-state index in [9.17, 15) is 0 Å². The molecule has 2 heteroatoms. The molecule has 10 heavy (non-hydrogen) atoms. The van der Waals surface area contributed by atoms with Crippen molar-refractivity contribution in [1.82, 2.24) is 4.90 Å². The van der Waals surface area contributed by atoms with E-state index in [1.165, 1.54) is 13.0 Å². The molecule has 0 radical (unpaired) electrons. The maximum absolute atomic E-state index is 5.79. The van der Waals surface area contributed by atoms with Crippen molar-refractivity contribution in [1.29, 1.82) is 0 Å². The number of nitrogens with zero attached hydrogens (tertiary/aromatic N) is 1. The molecule has 0 bridgehead atoms. The molecule has 1 aliphatic rings. The Bertz CT molecular complexity index is 107. The normalized spacial score (nSPS) is 30.3. The van der Waals surface area contributed by atoms with Crippen LogP contribution in [-0.4, -0.2) is 23.7 Å². The van der Waals surface area contributed by atoms with E-state index in [1.807, 2.05) is 0 Å². The van der Waals surface area contributed by atoms with Gasteiger partial charge in [-0.15, -0.1) is 0 Å². The van der Waals surface area contributed by atoms with Crippen LogP contribution in [0.5, 0.6) is 0 Å². The molecule has 1 aliphatic heterocycles. The molecule has 0 spiro atoms. The van der Waals surface area contributed by atoms with Crippen molar-refractivity contribution < 1.29 is 0 Å². The number of hydrogen-bond acceptors (Lipinski definition) is 2. The van der Waals surface area contributed by atoms with Crippen LogP contribution >= 0.6 is 0 Å². The summed E-state index contributed by atoms with van der Waals surface area (Å²) in [6.07, 6.45) is 1.52. The van der Waals surface area contributed by atoms with Crippen molar-refractivity contribution in [3.63, 3.8) is 0 Å². The third kappa shape index (κ3) is 1.32. The average molecular weight is 142 g/mol. The molecule has 1 rings (SSSR count). The second-order valence-corrected chi connectivity index (χ2v) is 3.58. The summed E-state index contributed by atoms with van der Waals surface area (Å²) in [7, 11) is 0. The summed E-state index contributed by atoms with van der Waals surface area (Å²) in [6.45, 7) is 7.94. The molecule has 1 saturated heterocycles. The zero-order chi connectivity index (χ0) is 7.72. The highest BCUT2D eigenvalue weighted by Crippen LogP contribution is 2.20. The van der Waals surface area contributed by atoms with Crippen LogP contribution in [0.2, 0.25) is 0 Å². The van der Waals surface area contributed by atoms with Crippen molar-refractivity contribution in [3.8, 4) is 0 Å². The molecule has 60 valence electrons. The van der Waals surface area contributed by atoms with Gasteiger partial charge in [0.15, 0.2) is 0 Å². The highest BCUT2D eigenvalue weighted by atomic mass is 15.3. The quantitative estimate of drug-likeness (QED) is 0.623. The summed E-state index contributed by atoms with van der Waals surface area (Å²) >= 11 is 0. The minimum atomic E-state index is 0.345. The van der Waals surface area contributed by atoms with Gasteiger partial charge in [-0.1, -0.05) is 13.8 Å².